The number of rotatable bonds is 4. The average Bonchev–Trinajstić information content (AvgIpc) is 3.23. The molecule has 0 bridgehead atoms. The largest absolute Gasteiger partial charge is 0.380 e. The van der Waals surface area contributed by atoms with Gasteiger partial charge in [-0.3, -0.25) is 9.59 Å². The highest BCUT2D eigenvalue weighted by molar-refractivity contribution is 5.90. The van der Waals surface area contributed by atoms with Crippen molar-refractivity contribution in [2.24, 2.45) is 0 Å². The van der Waals surface area contributed by atoms with E-state index in [1.807, 2.05) is 23.2 Å². The van der Waals surface area contributed by atoms with Crippen molar-refractivity contribution in [3.8, 4) is 11.3 Å². The van der Waals surface area contributed by atoms with E-state index in [1.165, 1.54) is 0 Å². The number of hydrogen-bond acceptors (Lipinski definition) is 4. The van der Waals surface area contributed by atoms with Gasteiger partial charge in [0.05, 0.1) is 18.5 Å². The molecule has 0 spiro atoms. The summed E-state index contributed by atoms with van der Waals surface area (Å²) in [5.74, 6) is 0.984. The van der Waals surface area contributed by atoms with Crippen molar-refractivity contribution in [1.82, 2.24) is 19.8 Å². The number of fused-ring (bicyclic) bond motifs is 1. The SMILES string of the molecule is COCc1cccc(-c2cnc3n2CCN(C(=O)[C@H]2CCC(=O)N2)CC3)c1. The molecule has 0 unspecified atom stereocenters. The van der Waals surface area contributed by atoms with Gasteiger partial charge in [0.2, 0.25) is 11.8 Å². The Morgan fingerprint density at radius 1 is 1.30 bits per heavy atom. The summed E-state index contributed by atoms with van der Waals surface area (Å²) < 4.78 is 7.43. The van der Waals surface area contributed by atoms with Gasteiger partial charge in [-0.05, 0) is 18.1 Å². The Morgan fingerprint density at radius 3 is 2.96 bits per heavy atom. The Kier molecular flexibility index (Phi) is 4.94. The van der Waals surface area contributed by atoms with Gasteiger partial charge in [0.15, 0.2) is 0 Å². The second-order valence-corrected chi connectivity index (χ2v) is 7.08. The van der Waals surface area contributed by atoms with Gasteiger partial charge in [-0.15, -0.1) is 0 Å². The number of aromatic nitrogens is 2. The summed E-state index contributed by atoms with van der Waals surface area (Å²) in [5.41, 5.74) is 3.28. The molecule has 27 heavy (non-hydrogen) atoms. The normalized spacial score (nSPS) is 19.5. The fourth-order valence-electron chi connectivity index (χ4n) is 3.89. The molecule has 7 nitrogen and oxygen atoms in total. The highest BCUT2D eigenvalue weighted by Gasteiger charge is 2.31. The van der Waals surface area contributed by atoms with E-state index in [0.717, 1.165) is 22.6 Å². The number of methoxy groups -OCH3 is 1. The molecule has 1 N–H and O–H groups in total. The molecule has 1 saturated heterocycles. The fourth-order valence-corrected chi connectivity index (χ4v) is 3.89. The van der Waals surface area contributed by atoms with Gasteiger partial charge >= 0.3 is 0 Å². The molecule has 2 aromatic rings. The van der Waals surface area contributed by atoms with E-state index in [0.29, 0.717) is 45.5 Å². The molecular weight excluding hydrogens is 344 g/mol. The van der Waals surface area contributed by atoms with Crippen LogP contribution in [0, 0.1) is 0 Å². The topological polar surface area (TPSA) is 76.5 Å². The summed E-state index contributed by atoms with van der Waals surface area (Å²) in [6.45, 7) is 2.53. The summed E-state index contributed by atoms with van der Waals surface area (Å²) in [6, 6.07) is 7.90. The number of nitrogens with zero attached hydrogens (tertiary/aromatic N) is 3. The van der Waals surface area contributed by atoms with E-state index >= 15 is 0 Å². The minimum Gasteiger partial charge on any atom is -0.380 e. The number of imidazole rings is 1. The van der Waals surface area contributed by atoms with Crippen molar-refractivity contribution in [2.75, 3.05) is 20.2 Å². The summed E-state index contributed by atoms with van der Waals surface area (Å²) in [7, 11) is 1.69. The summed E-state index contributed by atoms with van der Waals surface area (Å²) in [5, 5.41) is 2.78. The third kappa shape index (κ3) is 3.60. The lowest BCUT2D eigenvalue weighted by molar-refractivity contribution is -0.134. The van der Waals surface area contributed by atoms with Crippen LogP contribution >= 0.6 is 0 Å². The Balaban J connectivity index is 1.51. The number of carbonyl (C=O) groups is 2. The maximum atomic E-state index is 12.7. The Morgan fingerprint density at radius 2 is 2.19 bits per heavy atom. The number of hydrogen-bond donors (Lipinski definition) is 1. The van der Waals surface area contributed by atoms with Crippen LogP contribution in [0.1, 0.15) is 24.2 Å². The van der Waals surface area contributed by atoms with E-state index in [-0.39, 0.29) is 17.9 Å². The number of amides is 2. The second-order valence-electron chi connectivity index (χ2n) is 7.08. The van der Waals surface area contributed by atoms with Crippen molar-refractivity contribution in [3.63, 3.8) is 0 Å². The van der Waals surface area contributed by atoms with Crippen LogP contribution in [0.2, 0.25) is 0 Å². The first kappa shape index (κ1) is 17.7. The van der Waals surface area contributed by atoms with Crippen molar-refractivity contribution >= 4 is 11.8 Å². The maximum absolute atomic E-state index is 12.7. The summed E-state index contributed by atoms with van der Waals surface area (Å²) in [4.78, 5) is 30.6. The molecule has 4 rings (SSSR count). The molecule has 0 saturated carbocycles. The van der Waals surface area contributed by atoms with Crippen molar-refractivity contribution in [2.45, 2.75) is 38.5 Å². The lowest BCUT2D eigenvalue weighted by Gasteiger charge is -2.23. The van der Waals surface area contributed by atoms with E-state index in [9.17, 15) is 9.59 Å². The van der Waals surface area contributed by atoms with Crippen LogP contribution in [0.25, 0.3) is 11.3 Å². The van der Waals surface area contributed by atoms with Crippen LogP contribution in [0.5, 0.6) is 0 Å². The molecule has 142 valence electrons. The maximum Gasteiger partial charge on any atom is 0.245 e. The fraction of sp³-hybridized carbons (Fsp3) is 0.450. The summed E-state index contributed by atoms with van der Waals surface area (Å²) in [6.07, 6.45) is 3.66. The van der Waals surface area contributed by atoms with Crippen LogP contribution in [-0.2, 0) is 33.9 Å². The van der Waals surface area contributed by atoms with Gasteiger partial charge < -0.3 is 19.5 Å². The van der Waals surface area contributed by atoms with Crippen LogP contribution < -0.4 is 5.32 Å². The van der Waals surface area contributed by atoms with Gasteiger partial charge in [0, 0.05) is 45.1 Å². The number of carbonyl (C=O) groups excluding carboxylic acids is 2. The third-order valence-electron chi connectivity index (χ3n) is 5.28. The van der Waals surface area contributed by atoms with Gasteiger partial charge in [0.25, 0.3) is 0 Å². The van der Waals surface area contributed by atoms with E-state index in [4.69, 9.17) is 4.74 Å². The molecule has 1 aromatic heterocycles. The van der Waals surface area contributed by atoms with Gasteiger partial charge in [-0.1, -0.05) is 18.2 Å². The first-order valence-electron chi connectivity index (χ1n) is 9.36. The van der Waals surface area contributed by atoms with Crippen LogP contribution in [-0.4, -0.2) is 52.5 Å². The molecule has 1 aromatic carbocycles. The highest BCUT2D eigenvalue weighted by atomic mass is 16.5. The Bertz CT molecular complexity index is 861. The highest BCUT2D eigenvalue weighted by Crippen LogP contribution is 2.24. The Hall–Kier alpha value is -2.67. The minimum absolute atomic E-state index is 0.0234. The predicted molar refractivity (Wildman–Crippen MR) is 99.8 cm³/mol. The third-order valence-corrected chi connectivity index (χ3v) is 5.28. The molecular formula is C20H24N4O3. The molecule has 3 heterocycles. The zero-order chi connectivity index (χ0) is 18.8. The van der Waals surface area contributed by atoms with Crippen LogP contribution in [0.15, 0.2) is 30.5 Å². The number of nitrogens with one attached hydrogen (secondary N) is 1. The van der Waals surface area contributed by atoms with Gasteiger partial charge in [-0.25, -0.2) is 4.98 Å². The van der Waals surface area contributed by atoms with Gasteiger partial charge in [-0.2, -0.15) is 0 Å². The number of benzene rings is 1. The molecule has 7 heteroatoms. The van der Waals surface area contributed by atoms with E-state index in [2.05, 4.69) is 27.0 Å². The first-order chi connectivity index (χ1) is 13.2. The quantitative estimate of drug-likeness (QED) is 0.884. The van der Waals surface area contributed by atoms with Crippen LogP contribution in [0.4, 0.5) is 0 Å². The van der Waals surface area contributed by atoms with E-state index < -0.39 is 0 Å². The standard InChI is InChI=1S/C20H24N4O3/c1-27-13-14-3-2-4-15(11-14)17-12-21-18-7-8-23(9-10-24(17)18)20(26)16-5-6-19(25)22-16/h2-4,11-12,16H,5-10,13H2,1H3,(H,22,25)/t16-/m1/s1. The van der Waals surface area contributed by atoms with Crippen LogP contribution in [0.3, 0.4) is 0 Å². The minimum atomic E-state index is -0.367. The molecule has 2 amide bonds. The zero-order valence-corrected chi connectivity index (χ0v) is 15.5. The van der Waals surface area contributed by atoms with Crippen molar-refractivity contribution < 1.29 is 14.3 Å². The molecule has 1 atom stereocenters. The molecule has 0 aliphatic carbocycles. The molecule has 2 aliphatic heterocycles. The van der Waals surface area contributed by atoms with Crippen molar-refractivity contribution in [1.29, 1.82) is 0 Å². The monoisotopic (exact) mass is 368 g/mol. The smallest absolute Gasteiger partial charge is 0.245 e. The summed E-state index contributed by atoms with van der Waals surface area (Å²) >= 11 is 0. The molecule has 2 aliphatic rings. The molecule has 0 radical (unpaired) electrons. The molecule has 1 fully saturated rings. The Labute approximate surface area is 158 Å². The van der Waals surface area contributed by atoms with Gasteiger partial charge in [0.1, 0.15) is 11.9 Å². The number of ether oxygens (including phenoxy) is 1. The second kappa shape index (κ2) is 7.52. The lowest BCUT2D eigenvalue weighted by atomic mass is 10.1. The lowest BCUT2D eigenvalue weighted by Crippen LogP contribution is -2.45. The predicted octanol–water partition coefficient (Wildman–Crippen LogP) is 1.36. The van der Waals surface area contributed by atoms with E-state index in [1.54, 1.807) is 7.11 Å². The average molecular weight is 368 g/mol. The zero-order valence-electron chi connectivity index (χ0n) is 15.5. The first-order valence-corrected chi connectivity index (χ1v) is 9.36. The van der Waals surface area contributed by atoms with Crippen molar-refractivity contribution in [3.05, 3.63) is 41.9 Å².